The lowest BCUT2D eigenvalue weighted by atomic mass is 10.1. The fraction of sp³-hybridized carbons (Fsp3) is 0.381. The number of nitrogens with zero attached hydrogens (tertiary/aromatic N) is 2. The fourth-order valence-corrected chi connectivity index (χ4v) is 3.82. The summed E-state index contributed by atoms with van der Waals surface area (Å²) in [5, 5.41) is 8.46. The van der Waals surface area contributed by atoms with Crippen LogP contribution >= 0.6 is 0 Å². The van der Waals surface area contributed by atoms with Gasteiger partial charge in [0.25, 0.3) is 0 Å². The predicted molar refractivity (Wildman–Crippen MR) is 115 cm³/mol. The van der Waals surface area contributed by atoms with Gasteiger partial charge in [-0.3, -0.25) is 9.97 Å². The molecule has 3 rings (SSSR count). The first-order valence-corrected chi connectivity index (χ1v) is 10.6. The quantitative estimate of drug-likeness (QED) is 0.569. The van der Waals surface area contributed by atoms with E-state index in [1.807, 2.05) is 32.0 Å². The van der Waals surface area contributed by atoms with Gasteiger partial charge >= 0.3 is 5.16 Å². The first-order valence-electron chi connectivity index (χ1n) is 9.26. The van der Waals surface area contributed by atoms with Crippen LogP contribution in [0.4, 0.5) is 0 Å². The Morgan fingerprint density at radius 1 is 1.24 bits per heavy atom. The number of aromatic amines is 1. The summed E-state index contributed by atoms with van der Waals surface area (Å²) in [7, 11) is 3.23. The second kappa shape index (κ2) is 11.0. The van der Waals surface area contributed by atoms with Gasteiger partial charge in [-0.1, -0.05) is 13.3 Å². The molecule has 3 aromatic rings. The van der Waals surface area contributed by atoms with Crippen LogP contribution in [0.5, 0.6) is 11.5 Å². The Morgan fingerprint density at radius 3 is 2.59 bits per heavy atom. The van der Waals surface area contributed by atoms with E-state index in [1.165, 1.54) is 0 Å². The van der Waals surface area contributed by atoms with Crippen LogP contribution in [-0.4, -0.2) is 45.4 Å². The summed E-state index contributed by atoms with van der Waals surface area (Å²) in [6.07, 6.45) is 3.42. The van der Waals surface area contributed by atoms with Gasteiger partial charge in [-0.15, -0.1) is 0 Å². The predicted octanol–water partition coefficient (Wildman–Crippen LogP) is 3.49. The smallest absolute Gasteiger partial charge is 0.322 e. The summed E-state index contributed by atoms with van der Waals surface area (Å²) in [5.41, 5.74) is 4.16. The molecule has 7 nitrogen and oxygen atoms in total. The number of fused-ring (bicyclic) bond motifs is 1. The molecule has 0 spiro atoms. The molecule has 1 radical (unpaired) electrons. The van der Waals surface area contributed by atoms with Crippen molar-refractivity contribution in [3.05, 3.63) is 48.1 Å². The summed E-state index contributed by atoms with van der Waals surface area (Å²) in [4.78, 5) is 11.9. The van der Waals surface area contributed by atoms with Gasteiger partial charge in [-0.05, 0) is 32.4 Å². The molecule has 0 saturated carbocycles. The Kier molecular flexibility index (Phi) is 8.75. The van der Waals surface area contributed by atoms with Crippen molar-refractivity contribution in [2.24, 2.45) is 0 Å². The summed E-state index contributed by atoms with van der Waals surface area (Å²) < 4.78 is 23.3. The highest BCUT2D eigenvalue weighted by Gasteiger charge is 2.21. The number of hydrogen-bond donors (Lipinski definition) is 2. The molecule has 29 heavy (non-hydrogen) atoms. The molecule has 8 heteroatoms. The molecule has 1 aromatic carbocycles. The first-order chi connectivity index (χ1) is 13.9. The number of rotatable bonds is 7. The Hall–Kier alpha value is -2.29. The number of unbranched alkanes of at least 4 members (excludes halogenated alkanes) is 1. The van der Waals surface area contributed by atoms with E-state index in [4.69, 9.17) is 14.6 Å². The normalized spacial score (nSPS) is 11.7. The van der Waals surface area contributed by atoms with Crippen LogP contribution in [0.2, 0.25) is 0 Å². The van der Waals surface area contributed by atoms with Crippen LogP contribution < -0.4 is 9.47 Å². The van der Waals surface area contributed by atoms with Crippen molar-refractivity contribution in [2.45, 2.75) is 37.6 Å². The highest BCUT2D eigenvalue weighted by molar-refractivity contribution is 7.90. The van der Waals surface area contributed by atoms with E-state index in [2.05, 4.69) is 21.9 Å². The molecule has 0 saturated heterocycles. The zero-order valence-corrected chi connectivity index (χ0v) is 18.1. The van der Waals surface area contributed by atoms with E-state index in [0.29, 0.717) is 5.16 Å². The first kappa shape index (κ1) is 23.0. The lowest BCUT2D eigenvalue weighted by Crippen LogP contribution is -2.10. The molecule has 0 aliphatic carbocycles. The largest absolute Gasteiger partial charge is 0.609 e. The molecular weight excluding hydrogens is 390 g/mol. The Morgan fingerprint density at radius 2 is 2.00 bits per heavy atom. The average molecular weight is 419 g/mol. The number of hydrogen-bond acceptors (Lipinski definition) is 6. The van der Waals surface area contributed by atoms with E-state index in [1.54, 1.807) is 20.4 Å². The molecule has 0 unspecified atom stereocenters. The van der Waals surface area contributed by atoms with Crippen molar-refractivity contribution in [1.29, 1.82) is 0 Å². The van der Waals surface area contributed by atoms with Crippen molar-refractivity contribution in [2.75, 3.05) is 20.8 Å². The number of aromatic nitrogens is 3. The lowest BCUT2D eigenvalue weighted by molar-refractivity contribution is 0.289. The number of aliphatic hydroxyl groups excluding tert-OH is 1. The number of benzene rings is 1. The minimum Gasteiger partial charge on any atom is -0.609 e. The third-order valence-corrected chi connectivity index (χ3v) is 5.47. The maximum Gasteiger partial charge on any atom is 0.322 e. The summed E-state index contributed by atoms with van der Waals surface area (Å²) in [6.45, 7) is 7.66. The summed E-state index contributed by atoms with van der Waals surface area (Å²) in [5.74, 6) is 1.79. The highest BCUT2D eigenvalue weighted by Crippen LogP contribution is 2.27. The van der Waals surface area contributed by atoms with Gasteiger partial charge in [0.1, 0.15) is 11.5 Å². The third-order valence-electron chi connectivity index (χ3n) is 4.31. The van der Waals surface area contributed by atoms with E-state index < -0.39 is 11.2 Å². The highest BCUT2D eigenvalue weighted by atomic mass is 32.2. The zero-order valence-electron chi connectivity index (χ0n) is 17.3. The van der Waals surface area contributed by atoms with Gasteiger partial charge < -0.3 is 19.1 Å². The number of aliphatic hydroxyl groups is 1. The molecule has 0 aliphatic rings. The van der Waals surface area contributed by atoms with Crippen LogP contribution in [0.15, 0.2) is 29.6 Å². The van der Waals surface area contributed by atoms with Crippen molar-refractivity contribution in [3.63, 3.8) is 0 Å². The minimum atomic E-state index is -1.33. The number of ether oxygens (including phenoxy) is 2. The maximum absolute atomic E-state index is 12.7. The second-order valence-electron chi connectivity index (χ2n) is 6.39. The molecule has 0 fully saturated rings. The van der Waals surface area contributed by atoms with Crippen molar-refractivity contribution < 1.29 is 19.1 Å². The lowest BCUT2D eigenvalue weighted by Gasteiger charge is -2.13. The third kappa shape index (κ3) is 5.85. The molecule has 157 valence electrons. The number of nitrogens with one attached hydrogen (secondary N) is 1. The van der Waals surface area contributed by atoms with Crippen molar-refractivity contribution in [1.82, 2.24) is 15.0 Å². The van der Waals surface area contributed by atoms with Crippen molar-refractivity contribution in [3.8, 4) is 11.5 Å². The average Bonchev–Trinajstić information content (AvgIpc) is 3.15. The van der Waals surface area contributed by atoms with Crippen LogP contribution in [0.1, 0.15) is 29.7 Å². The van der Waals surface area contributed by atoms with Crippen LogP contribution in [-0.2, 0) is 16.9 Å². The van der Waals surface area contributed by atoms with Gasteiger partial charge in [0.2, 0.25) is 0 Å². The Balaban J connectivity index is 0.000000537. The monoisotopic (exact) mass is 418 g/mol. The van der Waals surface area contributed by atoms with Crippen LogP contribution in [0.25, 0.3) is 11.0 Å². The van der Waals surface area contributed by atoms with Gasteiger partial charge in [0, 0.05) is 41.2 Å². The number of methoxy groups -OCH3 is 2. The molecule has 0 bridgehead atoms. The number of H-pyrrole nitrogens is 1. The SMILES string of the molecule is COc1ccc2nc([S@@+]([O-])Cc3ncc(C)c(OC)c3C)[nH]c2c1.[CH2]CCCO. The summed E-state index contributed by atoms with van der Waals surface area (Å²) >= 11 is -1.33. The number of aryl methyl sites for hydroxylation is 1. The fourth-order valence-electron chi connectivity index (χ4n) is 2.72. The molecule has 2 N–H and O–H groups in total. The topological polar surface area (TPSA) is 103 Å². The molecule has 1 atom stereocenters. The molecule has 0 amide bonds. The number of pyridine rings is 1. The molecule has 0 aliphatic heterocycles. The maximum atomic E-state index is 12.7. The van der Waals surface area contributed by atoms with E-state index >= 15 is 0 Å². The van der Waals surface area contributed by atoms with Gasteiger partial charge in [0.15, 0.2) is 5.75 Å². The standard InChI is InChI=1S/C17H19N3O3S.C4H9O/c1-10-8-18-15(11(2)16(10)23-4)9-24(21)17-19-13-6-5-12(22-3)7-14(13)20-17;1-2-3-4-5/h5-8H,9H2,1-4H3,(H,19,20);5H,1-4H2/t24-;/m0./s1. The van der Waals surface area contributed by atoms with Gasteiger partial charge in [-0.25, -0.2) is 0 Å². The van der Waals surface area contributed by atoms with E-state index in [9.17, 15) is 4.55 Å². The van der Waals surface area contributed by atoms with Gasteiger partial charge in [0.05, 0.1) is 30.9 Å². The Bertz CT molecular complexity index is 928. The van der Waals surface area contributed by atoms with E-state index in [0.717, 1.165) is 52.2 Å². The zero-order chi connectivity index (χ0) is 21.4. The minimum absolute atomic E-state index is 0.277. The van der Waals surface area contributed by atoms with Gasteiger partial charge in [-0.2, -0.15) is 4.98 Å². The molecule has 2 heterocycles. The molecular formula is C21H28N3O4S. The Labute approximate surface area is 174 Å². The van der Waals surface area contributed by atoms with Crippen molar-refractivity contribution >= 4 is 22.2 Å². The number of imidazole rings is 1. The van der Waals surface area contributed by atoms with Crippen LogP contribution in [0, 0.1) is 20.8 Å². The molecule has 2 aromatic heterocycles. The van der Waals surface area contributed by atoms with Crippen LogP contribution in [0.3, 0.4) is 0 Å². The second-order valence-corrected chi connectivity index (χ2v) is 7.76. The van der Waals surface area contributed by atoms with E-state index in [-0.39, 0.29) is 12.4 Å². The summed E-state index contributed by atoms with van der Waals surface area (Å²) in [6, 6.07) is 5.50.